The first kappa shape index (κ1) is 7.53. The molecule has 0 unspecified atom stereocenters. The van der Waals surface area contributed by atoms with E-state index >= 15 is 0 Å². The molecule has 1 aliphatic heterocycles. The predicted octanol–water partition coefficient (Wildman–Crippen LogP) is -0.272. The van der Waals surface area contributed by atoms with Gasteiger partial charge in [-0.25, -0.2) is 8.42 Å². The van der Waals surface area contributed by atoms with E-state index in [0.29, 0.717) is 18.8 Å². The second-order valence-electron chi connectivity index (χ2n) is 2.10. The molecule has 0 atom stereocenters. The zero-order chi connectivity index (χ0) is 7.61. The van der Waals surface area contributed by atoms with E-state index in [4.69, 9.17) is 0 Å². The number of aliphatic imine (C=N–C) groups is 1. The molecule has 1 rings (SSSR count). The molecule has 5 heteroatoms. The van der Waals surface area contributed by atoms with Crippen LogP contribution >= 0.6 is 0 Å². The van der Waals surface area contributed by atoms with Crippen LogP contribution in [0.3, 0.4) is 0 Å². The van der Waals surface area contributed by atoms with E-state index in [9.17, 15) is 8.42 Å². The third-order valence-electron chi connectivity index (χ3n) is 1.27. The minimum Gasteiger partial charge on any atom is -0.271 e. The van der Waals surface area contributed by atoms with Gasteiger partial charge in [-0.05, 0) is 0 Å². The summed E-state index contributed by atoms with van der Waals surface area (Å²) in [6.07, 6.45) is 0.652. The van der Waals surface area contributed by atoms with Gasteiger partial charge < -0.3 is 0 Å². The number of nitrogens with one attached hydrogen (secondary N) is 1. The van der Waals surface area contributed by atoms with Crippen molar-refractivity contribution in [1.82, 2.24) is 4.72 Å². The molecule has 0 saturated heterocycles. The van der Waals surface area contributed by atoms with Gasteiger partial charge in [-0.1, -0.05) is 6.92 Å². The molecule has 0 aliphatic carbocycles. The maximum absolute atomic E-state index is 10.8. The van der Waals surface area contributed by atoms with Gasteiger partial charge in [0, 0.05) is 6.42 Å². The SMILES string of the molecule is CCC1=NCCS(=O)(=O)N1. The topological polar surface area (TPSA) is 58.5 Å². The van der Waals surface area contributed by atoms with Gasteiger partial charge in [-0.15, -0.1) is 0 Å². The Morgan fingerprint density at radius 3 is 2.80 bits per heavy atom. The molecule has 10 heavy (non-hydrogen) atoms. The minimum absolute atomic E-state index is 0.122. The highest BCUT2D eigenvalue weighted by Crippen LogP contribution is 1.95. The third-order valence-corrected chi connectivity index (χ3v) is 2.54. The lowest BCUT2D eigenvalue weighted by molar-refractivity contribution is 0.589. The molecular formula is C5H10N2O2S. The van der Waals surface area contributed by atoms with Crippen LogP contribution in [0.2, 0.25) is 0 Å². The van der Waals surface area contributed by atoms with Crippen LogP contribution in [-0.2, 0) is 10.0 Å². The molecule has 0 spiro atoms. The minimum atomic E-state index is -3.02. The van der Waals surface area contributed by atoms with Crippen LogP contribution in [0.25, 0.3) is 0 Å². The number of amidine groups is 1. The molecule has 0 radical (unpaired) electrons. The number of rotatable bonds is 1. The van der Waals surface area contributed by atoms with Crippen LogP contribution in [0.15, 0.2) is 4.99 Å². The molecule has 0 aromatic carbocycles. The van der Waals surface area contributed by atoms with Crippen molar-refractivity contribution in [2.75, 3.05) is 12.3 Å². The van der Waals surface area contributed by atoms with Gasteiger partial charge >= 0.3 is 0 Å². The Morgan fingerprint density at radius 2 is 2.40 bits per heavy atom. The van der Waals surface area contributed by atoms with Crippen LogP contribution in [-0.4, -0.2) is 26.6 Å². The van der Waals surface area contributed by atoms with E-state index in [1.807, 2.05) is 6.92 Å². The Balaban J connectivity index is 2.76. The molecule has 0 aromatic rings. The number of hydrogen-bond acceptors (Lipinski definition) is 3. The summed E-state index contributed by atoms with van der Waals surface area (Å²) in [7, 11) is -3.02. The fourth-order valence-electron chi connectivity index (χ4n) is 0.748. The molecule has 4 nitrogen and oxygen atoms in total. The standard InChI is InChI=1S/C5H10N2O2S/c1-2-5-6-3-4-10(8,9)7-5/h2-4H2,1H3,(H,6,7). The van der Waals surface area contributed by atoms with E-state index in [0.717, 1.165) is 0 Å². The van der Waals surface area contributed by atoms with E-state index in [-0.39, 0.29) is 5.75 Å². The second kappa shape index (κ2) is 2.57. The van der Waals surface area contributed by atoms with E-state index in [1.54, 1.807) is 0 Å². The second-order valence-corrected chi connectivity index (χ2v) is 3.94. The molecule has 1 N–H and O–H groups in total. The summed E-state index contributed by atoms with van der Waals surface area (Å²) in [5, 5.41) is 0. The smallest absolute Gasteiger partial charge is 0.235 e. The molecular weight excluding hydrogens is 152 g/mol. The van der Waals surface area contributed by atoms with E-state index in [2.05, 4.69) is 9.71 Å². The van der Waals surface area contributed by atoms with Crippen LogP contribution < -0.4 is 4.72 Å². The first-order chi connectivity index (χ1) is 4.64. The quantitative estimate of drug-likeness (QED) is 0.577. The first-order valence-electron chi connectivity index (χ1n) is 3.18. The van der Waals surface area contributed by atoms with Gasteiger partial charge in [0.2, 0.25) is 10.0 Å². The fourth-order valence-corrected chi connectivity index (χ4v) is 1.75. The Morgan fingerprint density at radius 1 is 1.70 bits per heavy atom. The summed E-state index contributed by atoms with van der Waals surface area (Å²) in [5.74, 6) is 0.697. The summed E-state index contributed by atoms with van der Waals surface area (Å²) >= 11 is 0. The molecule has 1 aliphatic rings. The molecule has 0 bridgehead atoms. The summed E-state index contributed by atoms with van der Waals surface area (Å²) in [5.41, 5.74) is 0. The molecule has 1 heterocycles. The Bertz CT molecular complexity index is 242. The lowest BCUT2D eigenvalue weighted by atomic mass is 10.4. The molecule has 58 valence electrons. The van der Waals surface area contributed by atoms with Crippen molar-refractivity contribution in [3.63, 3.8) is 0 Å². The normalized spacial score (nSPS) is 23.1. The van der Waals surface area contributed by atoms with Crippen molar-refractivity contribution in [3.05, 3.63) is 0 Å². The number of sulfonamides is 1. The lowest BCUT2D eigenvalue weighted by Gasteiger charge is -2.12. The van der Waals surface area contributed by atoms with Gasteiger partial charge in [0.25, 0.3) is 0 Å². The zero-order valence-electron chi connectivity index (χ0n) is 5.79. The maximum Gasteiger partial charge on any atom is 0.235 e. The highest BCUT2D eigenvalue weighted by molar-refractivity contribution is 7.90. The summed E-state index contributed by atoms with van der Waals surface area (Å²) < 4.78 is 24.0. The summed E-state index contributed by atoms with van der Waals surface area (Å²) in [6.45, 7) is 2.27. The summed E-state index contributed by atoms with van der Waals surface area (Å²) in [6, 6.07) is 0. The zero-order valence-corrected chi connectivity index (χ0v) is 6.61. The monoisotopic (exact) mass is 162 g/mol. The molecule has 0 aromatic heterocycles. The van der Waals surface area contributed by atoms with E-state index < -0.39 is 10.0 Å². The van der Waals surface area contributed by atoms with Crippen molar-refractivity contribution >= 4 is 15.9 Å². The van der Waals surface area contributed by atoms with Crippen LogP contribution in [0.4, 0.5) is 0 Å². The van der Waals surface area contributed by atoms with Crippen molar-refractivity contribution < 1.29 is 8.42 Å². The Hall–Kier alpha value is -0.580. The largest absolute Gasteiger partial charge is 0.271 e. The van der Waals surface area contributed by atoms with Gasteiger partial charge in [0.05, 0.1) is 12.3 Å². The lowest BCUT2D eigenvalue weighted by Crippen LogP contribution is -2.37. The van der Waals surface area contributed by atoms with Gasteiger partial charge in [0.15, 0.2) is 0 Å². The number of nitrogens with zero attached hydrogens (tertiary/aromatic N) is 1. The average molecular weight is 162 g/mol. The van der Waals surface area contributed by atoms with Gasteiger partial charge in [-0.2, -0.15) is 0 Å². The van der Waals surface area contributed by atoms with Gasteiger partial charge in [0.1, 0.15) is 5.84 Å². The molecule has 0 amide bonds. The molecule has 0 fully saturated rings. The first-order valence-corrected chi connectivity index (χ1v) is 4.83. The van der Waals surface area contributed by atoms with E-state index in [1.165, 1.54) is 0 Å². The van der Waals surface area contributed by atoms with Crippen LogP contribution in [0.1, 0.15) is 13.3 Å². The Labute approximate surface area is 60.4 Å². The van der Waals surface area contributed by atoms with Crippen LogP contribution in [0.5, 0.6) is 0 Å². The summed E-state index contributed by atoms with van der Waals surface area (Å²) in [4.78, 5) is 3.97. The van der Waals surface area contributed by atoms with Crippen molar-refractivity contribution in [2.24, 2.45) is 4.99 Å². The Kier molecular flexibility index (Phi) is 1.94. The number of hydrogen-bond donors (Lipinski definition) is 1. The predicted molar refractivity (Wildman–Crippen MR) is 39.5 cm³/mol. The average Bonchev–Trinajstić information content (AvgIpc) is 1.86. The molecule has 0 saturated carbocycles. The van der Waals surface area contributed by atoms with Crippen molar-refractivity contribution in [2.45, 2.75) is 13.3 Å². The maximum atomic E-state index is 10.8. The van der Waals surface area contributed by atoms with Crippen molar-refractivity contribution in [3.8, 4) is 0 Å². The highest BCUT2D eigenvalue weighted by Gasteiger charge is 2.15. The highest BCUT2D eigenvalue weighted by atomic mass is 32.2. The van der Waals surface area contributed by atoms with Crippen molar-refractivity contribution in [1.29, 1.82) is 0 Å². The van der Waals surface area contributed by atoms with Gasteiger partial charge in [-0.3, -0.25) is 9.71 Å². The third kappa shape index (κ3) is 1.70. The van der Waals surface area contributed by atoms with Crippen LogP contribution in [0, 0.1) is 0 Å². The fraction of sp³-hybridized carbons (Fsp3) is 0.800.